The first-order chi connectivity index (χ1) is 8.29. The summed E-state index contributed by atoms with van der Waals surface area (Å²) in [5.74, 6) is 0.786. The summed E-state index contributed by atoms with van der Waals surface area (Å²) in [4.78, 5) is 8.83. The van der Waals surface area contributed by atoms with Crippen LogP contribution in [0, 0.1) is 0 Å². The number of nitrogens with one attached hydrogen (secondary N) is 1. The van der Waals surface area contributed by atoms with Crippen LogP contribution in [0.5, 0.6) is 0 Å². The van der Waals surface area contributed by atoms with Gasteiger partial charge in [0.15, 0.2) is 0 Å². The molecule has 1 atom stereocenters. The van der Waals surface area contributed by atoms with Crippen LogP contribution in [0.1, 0.15) is 19.8 Å². The SMILES string of the molecule is CC(CCCO)Nc1cnc2ccccc2n1. The van der Waals surface area contributed by atoms with Crippen LogP contribution in [0.3, 0.4) is 0 Å². The lowest BCUT2D eigenvalue weighted by atomic mass is 10.2. The number of hydrogen-bond donors (Lipinski definition) is 2. The molecule has 0 aliphatic carbocycles. The highest BCUT2D eigenvalue weighted by Crippen LogP contribution is 2.12. The van der Waals surface area contributed by atoms with E-state index < -0.39 is 0 Å². The largest absolute Gasteiger partial charge is 0.396 e. The minimum absolute atomic E-state index is 0.232. The second kappa shape index (κ2) is 5.59. The van der Waals surface area contributed by atoms with E-state index in [4.69, 9.17) is 5.11 Å². The highest BCUT2D eigenvalue weighted by Gasteiger charge is 2.03. The molecule has 1 aromatic carbocycles. The van der Waals surface area contributed by atoms with E-state index in [0.717, 1.165) is 29.7 Å². The third-order valence-corrected chi connectivity index (χ3v) is 2.64. The monoisotopic (exact) mass is 231 g/mol. The third-order valence-electron chi connectivity index (χ3n) is 2.64. The number of benzene rings is 1. The molecule has 4 nitrogen and oxygen atoms in total. The van der Waals surface area contributed by atoms with Crippen LogP contribution in [0.15, 0.2) is 30.5 Å². The fourth-order valence-electron chi connectivity index (χ4n) is 1.75. The standard InChI is InChI=1S/C13H17N3O/c1-10(5-4-8-17)15-13-9-14-11-6-2-3-7-12(11)16-13/h2-3,6-7,9-10,17H,4-5,8H2,1H3,(H,15,16). The zero-order chi connectivity index (χ0) is 12.1. The summed E-state index contributed by atoms with van der Waals surface area (Å²) in [6, 6.07) is 8.09. The number of aliphatic hydroxyl groups excluding tert-OH is 1. The predicted octanol–water partition coefficient (Wildman–Crippen LogP) is 2.20. The molecule has 0 aliphatic heterocycles. The maximum absolute atomic E-state index is 8.77. The maximum atomic E-state index is 8.77. The molecule has 4 heteroatoms. The fraction of sp³-hybridized carbons (Fsp3) is 0.385. The predicted molar refractivity (Wildman–Crippen MR) is 68.9 cm³/mol. The third kappa shape index (κ3) is 3.14. The van der Waals surface area contributed by atoms with Crippen LogP contribution in [-0.4, -0.2) is 27.7 Å². The smallest absolute Gasteiger partial charge is 0.145 e. The van der Waals surface area contributed by atoms with Crippen molar-refractivity contribution in [2.24, 2.45) is 0 Å². The molecule has 2 aromatic rings. The molecule has 1 unspecified atom stereocenters. The molecule has 90 valence electrons. The van der Waals surface area contributed by atoms with Gasteiger partial charge in [0, 0.05) is 12.6 Å². The topological polar surface area (TPSA) is 58.0 Å². The van der Waals surface area contributed by atoms with Gasteiger partial charge in [-0.15, -0.1) is 0 Å². The van der Waals surface area contributed by atoms with E-state index in [-0.39, 0.29) is 12.6 Å². The summed E-state index contributed by atoms with van der Waals surface area (Å²) in [7, 11) is 0. The van der Waals surface area contributed by atoms with Gasteiger partial charge in [0.05, 0.1) is 17.2 Å². The molecule has 2 N–H and O–H groups in total. The molecular weight excluding hydrogens is 214 g/mol. The van der Waals surface area contributed by atoms with Gasteiger partial charge in [-0.1, -0.05) is 12.1 Å². The van der Waals surface area contributed by atoms with E-state index in [9.17, 15) is 0 Å². The molecule has 0 aliphatic rings. The minimum atomic E-state index is 0.232. The Hall–Kier alpha value is -1.68. The van der Waals surface area contributed by atoms with Crippen molar-refractivity contribution in [3.63, 3.8) is 0 Å². The summed E-state index contributed by atoms with van der Waals surface area (Å²) < 4.78 is 0. The molecule has 2 rings (SSSR count). The number of anilines is 1. The van der Waals surface area contributed by atoms with Crippen LogP contribution in [-0.2, 0) is 0 Å². The molecular formula is C13H17N3O. The quantitative estimate of drug-likeness (QED) is 0.828. The normalized spacial score (nSPS) is 12.6. The number of hydrogen-bond acceptors (Lipinski definition) is 4. The van der Waals surface area contributed by atoms with Crippen molar-refractivity contribution in [3.8, 4) is 0 Å². The molecule has 0 saturated heterocycles. The van der Waals surface area contributed by atoms with Gasteiger partial charge in [-0.2, -0.15) is 0 Å². The Morgan fingerprint density at radius 2 is 2.06 bits per heavy atom. The average molecular weight is 231 g/mol. The molecule has 0 bridgehead atoms. The molecule has 1 aromatic heterocycles. The number of aromatic nitrogens is 2. The summed E-state index contributed by atoms with van der Waals surface area (Å²) >= 11 is 0. The van der Waals surface area contributed by atoms with E-state index in [0.29, 0.717) is 0 Å². The zero-order valence-electron chi connectivity index (χ0n) is 9.93. The average Bonchev–Trinajstić information content (AvgIpc) is 2.36. The van der Waals surface area contributed by atoms with Crippen LogP contribution in [0.4, 0.5) is 5.82 Å². The molecule has 0 amide bonds. The zero-order valence-corrected chi connectivity index (χ0v) is 9.93. The van der Waals surface area contributed by atoms with Crippen LogP contribution >= 0.6 is 0 Å². The summed E-state index contributed by atoms with van der Waals surface area (Å²) in [6.45, 7) is 2.31. The maximum Gasteiger partial charge on any atom is 0.145 e. The first-order valence-electron chi connectivity index (χ1n) is 5.89. The Kier molecular flexibility index (Phi) is 3.88. The molecule has 0 spiro atoms. The van der Waals surface area contributed by atoms with Crippen molar-refractivity contribution in [1.29, 1.82) is 0 Å². The van der Waals surface area contributed by atoms with Crippen LogP contribution < -0.4 is 5.32 Å². The molecule has 1 heterocycles. The van der Waals surface area contributed by atoms with Crippen LogP contribution in [0.2, 0.25) is 0 Å². The second-order valence-corrected chi connectivity index (χ2v) is 4.16. The first kappa shape index (κ1) is 11.8. The van der Waals surface area contributed by atoms with E-state index in [2.05, 4.69) is 22.2 Å². The summed E-state index contributed by atoms with van der Waals surface area (Å²) in [5.41, 5.74) is 1.80. The molecule has 17 heavy (non-hydrogen) atoms. The van der Waals surface area contributed by atoms with Gasteiger partial charge in [-0.3, -0.25) is 4.98 Å². The molecule has 0 radical (unpaired) electrons. The van der Waals surface area contributed by atoms with Crippen molar-refractivity contribution in [2.45, 2.75) is 25.8 Å². The van der Waals surface area contributed by atoms with Crippen molar-refractivity contribution in [3.05, 3.63) is 30.5 Å². The van der Waals surface area contributed by atoms with Crippen molar-refractivity contribution in [1.82, 2.24) is 9.97 Å². The fourth-order valence-corrected chi connectivity index (χ4v) is 1.75. The number of nitrogens with zero attached hydrogens (tertiary/aromatic N) is 2. The number of para-hydroxylation sites is 2. The summed E-state index contributed by atoms with van der Waals surface area (Å²) in [5, 5.41) is 12.1. The number of aliphatic hydroxyl groups is 1. The number of fused-ring (bicyclic) bond motifs is 1. The lowest BCUT2D eigenvalue weighted by Crippen LogP contribution is -2.16. The Bertz CT molecular complexity index is 487. The van der Waals surface area contributed by atoms with Gasteiger partial charge in [0.1, 0.15) is 5.82 Å². The molecule has 0 fully saturated rings. The van der Waals surface area contributed by atoms with Crippen LogP contribution in [0.25, 0.3) is 11.0 Å². The van der Waals surface area contributed by atoms with Gasteiger partial charge in [0.2, 0.25) is 0 Å². The highest BCUT2D eigenvalue weighted by molar-refractivity contribution is 5.75. The number of rotatable bonds is 5. The van der Waals surface area contributed by atoms with Gasteiger partial charge in [0.25, 0.3) is 0 Å². The van der Waals surface area contributed by atoms with Gasteiger partial charge in [-0.25, -0.2) is 4.98 Å². The Balaban J connectivity index is 2.08. The van der Waals surface area contributed by atoms with Crippen molar-refractivity contribution >= 4 is 16.9 Å². The second-order valence-electron chi connectivity index (χ2n) is 4.16. The van der Waals surface area contributed by atoms with E-state index in [1.54, 1.807) is 6.20 Å². The highest BCUT2D eigenvalue weighted by atomic mass is 16.2. The van der Waals surface area contributed by atoms with E-state index in [1.807, 2.05) is 24.3 Å². The molecule has 0 saturated carbocycles. The lowest BCUT2D eigenvalue weighted by molar-refractivity contribution is 0.282. The Morgan fingerprint density at radius 1 is 1.29 bits per heavy atom. The van der Waals surface area contributed by atoms with E-state index >= 15 is 0 Å². The first-order valence-corrected chi connectivity index (χ1v) is 5.89. The van der Waals surface area contributed by atoms with Crippen molar-refractivity contribution in [2.75, 3.05) is 11.9 Å². The van der Waals surface area contributed by atoms with Gasteiger partial charge in [-0.05, 0) is 31.9 Å². The lowest BCUT2D eigenvalue weighted by Gasteiger charge is -2.13. The minimum Gasteiger partial charge on any atom is -0.396 e. The van der Waals surface area contributed by atoms with Gasteiger partial charge >= 0.3 is 0 Å². The van der Waals surface area contributed by atoms with E-state index in [1.165, 1.54) is 0 Å². The Labute approximate surface area is 101 Å². The van der Waals surface area contributed by atoms with Crippen molar-refractivity contribution < 1.29 is 5.11 Å². The summed E-state index contributed by atoms with van der Waals surface area (Å²) in [6.07, 6.45) is 3.47. The van der Waals surface area contributed by atoms with Gasteiger partial charge < -0.3 is 10.4 Å². The Morgan fingerprint density at radius 3 is 2.82 bits per heavy atom.